The molecule has 0 fully saturated rings. The standard InChI is InChI=1S/C29H30N4/c1-4-8-25(13-14-27-22-29(16-12-24(27)3)33-20-7-18-31-33)9-5-10-26-21-28(15-11-23(26)2)32-19-6-17-30-32/h4-7,9,11-13,15-22H,1,8,10,14H2,2-3H3. The number of nitrogens with zero attached hydrogens (tertiary/aromatic N) is 4. The fourth-order valence-corrected chi connectivity index (χ4v) is 3.85. The molecule has 0 spiro atoms. The molecule has 33 heavy (non-hydrogen) atoms. The largest absolute Gasteiger partial charge is 0.241 e. The van der Waals surface area contributed by atoms with Gasteiger partial charge in [-0.2, -0.15) is 10.2 Å². The Morgan fingerprint density at radius 2 is 1.42 bits per heavy atom. The molecule has 0 aliphatic carbocycles. The maximum absolute atomic E-state index is 4.35. The normalized spacial score (nSPS) is 11.9. The summed E-state index contributed by atoms with van der Waals surface area (Å²) in [4.78, 5) is 0. The van der Waals surface area contributed by atoms with Crippen LogP contribution in [0, 0.1) is 13.8 Å². The number of hydrogen-bond acceptors (Lipinski definition) is 2. The minimum atomic E-state index is 0.848. The van der Waals surface area contributed by atoms with Crippen molar-refractivity contribution in [1.29, 1.82) is 0 Å². The number of allylic oxidation sites excluding steroid dienone is 5. The van der Waals surface area contributed by atoms with Crippen LogP contribution in [0.5, 0.6) is 0 Å². The van der Waals surface area contributed by atoms with Crippen LogP contribution in [0.4, 0.5) is 0 Å². The average molecular weight is 435 g/mol. The van der Waals surface area contributed by atoms with Gasteiger partial charge in [-0.15, -0.1) is 6.58 Å². The second-order valence-corrected chi connectivity index (χ2v) is 8.21. The molecule has 0 aliphatic heterocycles. The highest BCUT2D eigenvalue weighted by Gasteiger charge is 2.04. The van der Waals surface area contributed by atoms with Gasteiger partial charge >= 0.3 is 0 Å². The van der Waals surface area contributed by atoms with Crippen LogP contribution in [-0.2, 0) is 12.8 Å². The zero-order valence-electron chi connectivity index (χ0n) is 19.4. The van der Waals surface area contributed by atoms with Crippen LogP contribution in [0.25, 0.3) is 11.4 Å². The second kappa shape index (κ2) is 10.6. The SMILES string of the molecule is C=CCC(C=CCc1cc(-n2cccn2)ccc1C)=CCc1cc(-n2cccn2)ccc1C. The molecule has 0 saturated carbocycles. The zero-order valence-corrected chi connectivity index (χ0v) is 19.4. The molecule has 0 saturated heterocycles. The first-order valence-corrected chi connectivity index (χ1v) is 11.3. The summed E-state index contributed by atoms with van der Waals surface area (Å²) in [6, 6.07) is 16.9. The Labute approximate surface area is 196 Å². The van der Waals surface area contributed by atoms with Crippen molar-refractivity contribution in [3.63, 3.8) is 0 Å². The second-order valence-electron chi connectivity index (χ2n) is 8.21. The lowest BCUT2D eigenvalue weighted by molar-refractivity contribution is 0.877. The van der Waals surface area contributed by atoms with Crippen molar-refractivity contribution in [3.05, 3.63) is 132 Å². The Bertz CT molecular complexity index is 1260. The molecule has 2 heterocycles. The summed E-state index contributed by atoms with van der Waals surface area (Å²) in [6.07, 6.45) is 18.9. The van der Waals surface area contributed by atoms with Crippen molar-refractivity contribution in [2.24, 2.45) is 0 Å². The minimum Gasteiger partial charge on any atom is -0.241 e. The lowest BCUT2D eigenvalue weighted by Gasteiger charge is -2.09. The Hall–Kier alpha value is -3.92. The topological polar surface area (TPSA) is 35.6 Å². The Kier molecular flexibility index (Phi) is 7.16. The Morgan fingerprint density at radius 3 is 1.94 bits per heavy atom. The molecule has 166 valence electrons. The molecule has 2 aromatic heterocycles. The average Bonchev–Trinajstić information content (AvgIpc) is 3.54. The first-order chi connectivity index (χ1) is 16.1. The number of hydrogen-bond donors (Lipinski definition) is 0. The molecule has 4 heteroatoms. The van der Waals surface area contributed by atoms with Gasteiger partial charge in [0.25, 0.3) is 0 Å². The molecule has 0 radical (unpaired) electrons. The highest BCUT2D eigenvalue weighted by molar-refractivity contribution is 5.42. The molecule has 0 amide bonds. The predicted octanol–water partition coefficient (Wildman–Crippen LogP) is 6.52. The van der Waals surface area contributed by atoms with Gasteiger partial charge in [-0.05, 0) is 97.3 Å². The molecule has 4 nitrogen and oxygen atoms in total. The van der Waals surface area contributed by atoms with Crippen molar-refractivity contribution in [2.45, 2.75) is 33.1 Å². The molecular formula is C29H30N4. The first kappa shape index (κ1) is 22.3. The number of aromatic nitrogens is 4. The zero-order chi connectivity index (χ0) is 23.0. The van der Waals surface area contributed by atoms with E-state index in [1.54, 1.807) is 12.4 Å². The van der Waals surface area contributed by atoms with Crippen LogP contribution in [0.3, 0.4) is 0 Å². The molecule has 4 rings (SSSR count). The maximum atomic E-state index is 4.35. The van der Waals surface area contributed by atoms with E-state index in [4.69, 9.17) is 0 Å². The summed E-state index contributed by atoms with van der Waals surface area (Å²) in [5.41, 5.74) is 8.63. The summed E-state index contributed by atoms with van der Waals surface area (Å²) in [6.45, 7) is 8.27. The highest BCUT2D eigenvalue weighted by atomic mass is 15.3. The van der Waals surface area contributed by atoms with Gasteiger partial charge in [0.1, 0.15) is 0 Å². The number of aryl methyl sites for hydroxylation is 2. The van der Waals surface area contributed by atoms with Crippen molar-refractivity contribution >= 4 is 0 Å². The van der Waals surface area contributed by atoms with E-state index in [2.05, 4.69) is 85.3 Å². The quantitative estimate of drug-likeness (QED) is 0.222. The van der Waals surface area contributed by atoms with Crippen LogP contribution >= 0.6 is 0 Å². The summed E-state index contributed by atoms with van der Waals surface area (Å²) in [5, 5.41) is 8.70. The minimum absolute atomic E-state index is 0.848. The molecule has 0 unspecified atom stereocenters. The predicted molar refractivity (Wildman–Crippen MR) is 136 cm³/mol. The van der Waals surface area contributed by atoms with Gasteiger partial charge in [0.05, 0.1) is 11.4 Å². The van der Waals surface area contributed by atoms with E-state index in [1.165, 1.54) is 27.8 Å². The van der Waals surface area contributed by atoms with Gasteiger partial charge in [-0.25, -0.2) is 9.36 Å². The molecule has 0 bridgehead atoms. The lowest BCUT2D eigenvalue weighted by Crippen LogP contribution is -1.97. The molecule has 0 atom stereocenters. The third-order valence-corrected chi connectivity index (χ3v) is 5.84. The van der Waals surface area contributed by atoms with Gasteiger partial charge in [0, 0.05) is 24.8 Å². The third-order valence-electron chi connectivity index (χ3n) is 5.84. The van der Waals surface area contributed by atoms with E-state index >= 15 is 0 Å². The Balaban J connectivity index is 1.49. The number of rotatable bonds is 9. The first-order valence-electron chi connectivity index (χ1n) is 11.3. The smallest absolute Gasteiger partial charge is 0.0648 e. The van der Waals surface area contributed by atoms with Gasteiger partial charge in [0.15, 0.2) is 0 Å². The van der Waals surface area contributed by atoms with E-state index in [0.717, 1.165) is 30.6 Å². The lowest BCUT2D eigenvalue weighted by atomic mass is 10.0. The van der Waals surface area contributed by atoms with Gasteiger partial charge in [-0.1, -0.05) is 36.4 Å². The van der Waals surface area contributed by atoms with Crippen molar-refractivity contribution < 1.29 is 0 Å². The number of benzene rings is 2. The van der Waals surface area contributed by atoms with Gasteiger partial charge in [-0.3, -0.25) is 0 Å². The van der Waals surface area contributed by atoms with Crippen molar-refractivity contribution in [1.82, 2.24) is 19.6 Å². The summed E-state index contributed by atoms with van der Waals surface area (Å²) in [7, 11) is 0. The summed E-state index contributed by atoms with van der Waals surface area (Å²) in [5.74, 6) is 0. The third kappa shape index (κ3) is 5.66. The fourth-order valence-electron chi connectivity index (χ4n) is 3.85. The molecule has 2 aromatic carbocycles. The fraction of sp³-hybridized carbons (Fsp3) is 0.172. The van der Waals surface area contributed by atoms with Crippen LogP contribution in [-0.4, -0.2) is 19.6 Å². The van der Waals surface area contributed by atoms with Crippen molar-refractivity contribution in [3.8, 4) is 11.4 Å². The monoisotopic (exact) mass is 434 g/mol. The Morgan fingerprint density at radius 1 is 0.848 bits per heavy atom. The summed E-state index contributed by atoms with van der Waals surface area (Å²) >= 11 is 0. The molecule has 0 N–H and O–H groups in total. The highest BCUT2D eigenvalue weighted by Crippen LogP contribution is 2.18. The van der Waals surface area contributed by atoms with Crippen LogP contribution in [0.1, 0.15) is 28.7 Å². The van der Waals surface area contributed by atoms with Gasteiger partial charge < -0.3 is 0 Å². The van der Waals surface area contributed by atoms with E-state index in [9.17, 15) is 0 Å². The summed E-state index contributed by atoms with van der Waals surface area (Å²) < 4.78 is 3.80. The maximum Gasteiger partial charge on any atom is 0.0648 e. The van der Waals surface area contributed by atoms with E-state index in [1.807, 2.05) is 40.0 Å². The van der Waals surface area contributed by atoms with Gasteiger partial charge in [0.2, 0.25) is 0 Å². The van der Waals surface area contributed by atoms with Crippen LogP contribution in [0.15, 0.2) is 110 Å². The molecule has 4 aromatic rings. The van der Waals surface area contributed by atoms with Crippen molar-refractivity contribution in [2.75, 3.05) is 0 Å². The van der Waals surface area contributed by atoms with Crippen LogP contribution < -0.4 is 0 Å². The van der Waals surface area contributed by atoms with E-state index < -0.39 is 0 Å². The van der Waals surface area contributed by atoms with Crippen LogP contribution in [0.2, 0.25) is 0 Å². The van der Waals surface area contributed by atoms with E-state index in [0.29, 0.717) is 0 Å². The molecular weight excluding hydrogens is 404 g/mol. The van der Waals surface area contributed by atoms with E-state index in [-0.39, 0.29) is 0 Å². The molecule has 0 aliphatic rings.